The van der Waals surface area contributed by atoms with Crippen LogP contribution in [-0.2, 0) is 11.3 Å². The van der Waals surface area contributed by atoms with E-state index in [0.29, 0.717) is 12.6 Å². The van der Waals surface area contributed by atoms with Crippen LogP contribution in [0.2, 0.25) is 0 Å². The number of rotatable bonds is 7. The molecule has 1 saturated carbocycles. The van der Waals surface area contributed by atoms with Gasteiger partial charge in [-0.05, 0) is 42.0 Å². The van der Waals surface area contributed by atoms with Crippen LogP contribution in [0, 0.1) is 5.82 Å². The molecule has 0 atom stereocenters. The third-order valence-corrected chi connectivity index (χ3v) is 5.86. The van der Waals surface area contributed by atoms with Gasteiger partial charge in [0.1, 0.15) is 5.82 Å². The highest BCUT2D eigenvalue weighted by Gasteiger charge is 2.30. The molecule has 1 aliphatic rings. The van der Waals surface area contributed by atoms with E-state index in [0.717, 1.165) is 34.3 Å². The van der Waals surface area contributed by atoms with Gasteiger partial charge < -0.3 is 5.32 Å². The number of carbonyl (C=O) groups excluding carboxylic acids is 1. The number of halogens is 1. The van der Waals surface area contributed by atoms with Crippen molar-refractivity contribution in [1.29, 1.82) is 0 Å². The molecule has 8 heteroatoms. The second kappa shape index (κ2) is 7.59. The summed E-state index contributed by atoms with van der Waals surface area (Å²) in [6.07, 6.45) is 2.25. The Kier molecular flexibility index (Phi) is 5.03. The van der Waals surface area contributed by atoms with Crippen molar-refractivity contribution in [3.8, 4) is 10.7 Å². The van der Waals surface area contributed by atoms with E-state index >= 15 is 0 Å². The van der Waals surface area contributed by atoms with Gasteiger partial charge in [-0.2, -0.15) is 0 Å². The first-order valence-electron chi connectivity index (χ1n) is 8.33. The molecule has 1 fully saturated rings. The summed E-state index contributed by atoms with van der Waals surface area (Å²) in [5.41, 5.74) is 0.867. The number of thiophene rings is 1. The Morgan fingerprint density at radius 3 is 2.77 bits per heavy atom. The zero-order valence-electron chi connectivity index (χ0n) is 13.9. The van der Waals surface area contributed by atoms with Gasteiger partial charge in [-0.1, -0.05) is 30.0 Å². The summed E-state index contributed by atoms with van der Waals surface area (Å²) in [6, 6.07) is 10.6. The van der Waals surface area contributed by atoms with Crippen LogP contribution in [0.1, 0.15) is 24.4 Å². The first kappa shape index (κ1) is 17.2. The zero-order chi connectivity index (χ0) is 17.9. The van der Waals surface area contributed by atoms with Gasteiger partial charge in [0.05, 0.1) is 10.6 Å². The lowest BCUT2D eigenvalue weighted by atomic mass is 10.2. The van der Waals surface area contributed by atoms with Gasteiger partial charge >= 0.3 is 0 Å². The van der Waals surface area contributed by atoms with Crippen molar-refractivity contribution < 1.29 is 9.18 Å². The molecule has 0 radical (unpaired) electrons. The average Bonchev–Trinajstić information content (AvgIpc) is 3.17. The van der Waals surface area contributed by atoms with E-state index in [1.165, 1.54) is 23.9 Å². The molecule has 2 heterocycles. The molecule has 134 valence electrons. The van der Waals surface area contributed by atoms with Crippen molar-refractivity contribution in [3.05, 3.63) is 53.2 Å². The number of hydrogen-bond donors (Lipinski definition) is 1. The summed E-state index contributed by atoms with van der Waals surface area (Å²) < 4.78 is 15.1. The Hall–Kier alpha value is -2.19. The summed E-state index contributed by atoms with van der Waals surface area (Å²) in [6.45, 7) is 0.384. The fraction of sp³-hybridized carbons (Fsp3) is 0.278. The van der Waals surface area contributed by atoms with Crippen LogP contribution in [-0.4, -0.2) is 26.4 Å². The third kappa shape index (κ3) is 3.96. The van der Waals surface area contributed by atoms with Crippen LogP contribution in [0.3, 0.4) is 0 Å². The Morgan fingerprint density at radius 1 is 1.27 bits per heavy atom. The maximum absolute atomic E-state index is 12.9. The SMILES string of the molecule is O=C(CSc1nnc(-c2cccs2)n1C1CC1)NCc1ccc(F)cc1. The Bertz CT molecular complexity index is 889. The van der Waals surface area contributed by atoms with Crippen molar-refractivity contribution in [2.45, 2.75) is 30.6 Å². The van der Waals surface area contributed by atoms with Crippen LogP contribution < -0.4 is 5.32 Å². The van der Waals surface area contributed by atoms with Gasteiger partial charge in [0.2, 0.25) is 5.91 Å². The normalized spacial score (nSPS) is 13.7. The van der Waals surface area contributed by atoms with E-state index in [2.05, 4.69) is 20.1 Å². The number of amides is 1. The van der Waals surface area contributed by atoms with Crippen molar-refractivity contribution in [3.63, 3.8) is 0 Å². The van der Waals surface area contributed by atoms with Gasteiger partial charge in [-0.15, -0.1) is 21.5 Å². The summed E-state index contributed by atoms with van der Waals surface area (Å²) in [5.74, 6) is 0.798. The van der Waals surface area contributed by atoms with Gasteiger partial charge in [-0.25, -0.2) is 4.39 Å². The van der Waals surface area contributed by atoms with Crippen LogP contribution in [0.5, 0.6) is 0 Å². The molecule has 1 aromatic carbocycles. The minimum absolute atomic E-state index is 0.0812. The molecule has 26 heavy (non-hydrogen) atoms. The largest absolute Gasteiger partial charge is 0.351 e. The number of nitrogens with zero attached hydrogens (tertiary/aromatic N) is 3. The molecule has 3 aromatic rings. The Labute approximate surface area is 158 Å². The van der Waals surface area contributed by atoms with E-state index in [9.17, 15) is 9.18 Å². The predicted octanol–water partition coefficient (Wildman–Crippen LogP) is 3.89. The number of thioether (sulfide) groups is 1. The Balaban J connectivity index is 1.37. The first-order chi connectivity index (χ1) is 12.7. The number of nitrogens with one attached hydrogen (secondary N) is 1. The molecule has 0 unspecified atom stereocenters. The molecule has 4 rings (SSSR count). The van der Waals surface area contributed by atoms with Crippen molar-refractivity contribution >= 4 is 29.0 Å². The predicted molar refractivity (Wildman–Crippen MR) is 101 cm³/mol. The molecule has 0 spiro atoms. The van der Waals surface area contributed by atoms with Gasteiger partial charge in [0.15, 0.2) is 11.0 Å². The minimum Gasteiger partial charge on any atom is -0.351 e. The summed E-state index contributed by atoms with van der Waals surface area (Å²) in [5, 5.41) is 14.3. The highest BCUT2D eigenvalue weighted by molar-refractivity contribution is 7.99. The van der Waals surface area contributed by atoms with E-state index in [-0.39, 0.29) is 17.5 Å². The number of aromatic nitrogens is 3. The summed E-state index contributed by atoms with van der Waals surface area (Å²) >= 11 is 3.04. The van der Waals surface area contributed by atoms with E-state index in [4.69, 9.17) is 0 Å². The molecule has 0 saturated heterocycles. The molecule has 1 N–H and O–H groups in total. The topological polar surface area (TPSA) is 59.8 Å². The van der Waals surface area contributed by atoms with E-state index in [1.54, 1.807) is 23.5 Å². The lowest BCUT2D eigenvalue weighted by Crippen LogP contribution is -2.24. The molecule has 0 bridgehead atoms. The molecule has 2 aromatic heterocycles. The fourth-order valence-corrected chi connectivity index (χ4v) is 4.14. The second-order valence-corrected chi connectivity index (χ2v) is 7.97. The number of hydrogen-bond acceptors (Lipinski definition) is 5. The first-order valence-corrected chi connectivity index (χ1v) is 10.2. The van der Waals surface area contributed by atoms with Gasteiger partial charge in [-0.3, -0.25) is 9.36 Å². The maximum Gasteiger partial charge on any atom is 0.230 e. The molecular weight excluding hydrogens is 371 g/mol. The standard InChI is InChI=1S/C18H17FN4OS2/c19-13-5-3-12(4-6-13)10-20-16(24)11-26-18-22-21-17(15-2-1-9-25-15)23(18)14-7-8-14/h1-6,9,14H,7-8,10-11H2,(H,20,24). The monoisotopic (exact) mass is 388 g/mol. The minimum atomic E-state index is -0.281. The van der Waals surface area contributed by atoms with E-state index in [1.807, 2.05) is 17.5 Å². The highest BCUT2D eigenvalue weighted by Crippen LogP contribution is 2.41. The smallest absolute Gasteiger partial charge is 0.230 e. The molecule has 0 aliphatic heterocycles. The molecule has 1 aliphatic carbocycles. The summed E-state index contributed by atoms with van der Waals surface area (Å²) in [7, 11) is 0. The quantitative estimate of drug-likeness (QED) is 0.624. The van der Waals surface area contributed by atoms with E-state index < -0.39 is 0 Å². The maximum atomic E-state index is 12.9. The van der Waals surface area contributed by atoms with Crippen molar-refractivity contribution in [2.75, 3.05) is 5.75 Å². The van der Waals surface area contributed by atoms with Crippen molar-refractivity contribution in [2.24, 2.45) is 0 Å². The lowest BCUT2D eigenvalue weighted by Gasteiger charge is -2.08. The average molecular weight is 388 g/mol. The van der Waals surface area contributed by atoms with Crippen LogP contribution in [0.25, 0.3) is 10.7 Å². The Morgan fingerprint density at radius 2 is 2.08 bits per heavy atom. The fourth-order valence-electron chi connectivity index (χ4n) is 2.60. The van der Waals surface area contributed by atoms with Crippen molar-refractivity contribution in [1.82, 2.24) is 20.1 Å². The lowest BCUT2D eigenvalue weighted by molar-refractivity contribution is -0.118. The molecule has 5 nitrogen and oxygen atoms in total. The van der Waals surface area contributed by atoms with Crippen LogP contribution in [0.4, 0.5) is 4.39 Å². The summed E-state index contributed by atoms with van der Waals surface area (Å²) in [4.78, 5) is 13.2. The highest BCUT2D eigenvalue weighted by atomic mass is 32.2. The van der Waals surface area contributed by atoms with Gasteiger partial charge in [0, 0.05) is 12.6 Å². The number of carbonyl (C=O) groups is 1. The number of benzene rings is 1. The molecular formula is C18H17FN4OS2. The zero-order valence-corrected chi connectivity index (χ0v) is 15.5. The molecule has 1 amide bonds. The third-order valence-electron chi connectivity index (χ3n) is 4.05. The second-order valence-electron chi connectivity index (χ2n) is 6.08. The van der Waals surface area contributed by atoms with Gasteiger partial charge in [0.25, 0.3) is 0 Å². The van der Waals surface area contributed by atoms with Crippen LogP contribution in [0.15, 0.2) is 46.9 Å². The van der Waals surface area contributed by atoms with Crippen LogP contribution >= 0.6 is 23.1 Å².